The summed E-state index contributed by atoms with van der Waals surface area (Å²) < 4.78 is 10.3. The van der Waals surface area contributed by atoms with Gasteiger partial charge in [0.05, 0.1) is 18.6 Å². The van der Waals surface area contributed by atoms with E-state index in [1.165, 1.54) is 0 Å². The van der Waals surface area contributed by atoms with Crippen LogP contribution in [-0.2, 0) is 14.3 Å². The lowest BCUT2D eigenvalue weighted by Crippen LogP contribution is -2.48. The van der Waals surface area contributed by atoms with E-state index in [9.17, 15) is 9.59 Å². The first-order valence-corrected chi connectivity index (χ1v) is 9.89. The zero-order chi connectivity index (χ0) is 20.6. The molecule has 2 atom stereocenters. The molecule has 0 saturated carbocycles. The first-order valence-electron chi connectivity index (χ1n) is 9.89. The van der Waals surface area contributed by atoms with Gasteiger partial charge in [0.2, 0.25) is 5.91 Å². The number of hydrogen-bond donors (Lipinski definition) is 1. The van der Waals surface area contributed by atoms with E-state index in [0.717, 1.165) is 17.5 Å². The Balaban J connectivity index is 2.02. The highest BCUT2D eigenvalue weighted by Crippen LogP contribution is 2.42. The quantitative estimate of drug-likeness (QED) is 0.662. The minimum absolute atomic E-state index is 0.0741. The van der Waals surface area contributed by atoms with Crippen molar-refractivity contribution in [2.24, 2.45) is 0 Å². The number of fused-ring (bicyclic) bond motifs is 1. The number of hydrogen-bond acceptors (Lipinski definition) is 4. The molecule has 6 nitrogen and oxygen atoms in total. The van der Waals surface area contributed by atoms with Crippen molar-refractivity contribution >= 4 is 11.8 Å². The maximum atomic E-state index is 13.3. The second-order valence-electron chi connectivity index (χ2n) is 7.05. The number of nitrogens with zero attached hydrogens (tertiary/aromatic N) is 1. The number of ether oxygens (including phenoxy) is 2. The molecule has 3 rings (SSSR count). The van der Waals surface area contributed by atoms with Crippen LogP contribution in [0.5, 0.6) is 0 Å². The highest BCUT2D eigenvalue weighted by atomic mass is 16.5. The lowest BCUT2D eigenvalue weighted by Gasteiger charge is -2.41. The highest BCUT2D eigenvalue weighted by molar-refractivity contribution is 6.01. The Hall–Kier alpha value is -2.70. The largest absolute Gasteiger partial charge is 0.385 e. The fourth-order valence-corrected chi connectivity index (χ4v) is 3.87. The van der Waals surface area contributed by atoms with E-state index in [1.807, 2.05) is 48.5 Å². The van der Waals surface area contributed by atoms with Gasteiger partial charge in [0.1, 0.15) is 0 Å². The summed E-state index contributed by atoms with van der Waals surface area (Å²) in [5, 5.41) is 3.03. The SMILES string of the molecule is COCCCNC(=O)[C@@H]1c2ccccc2C(=O)N(CCOC)[C@H]1c1ccccc1. The van der Waals surface area contributed by atoms with Crippen LogP contribution in [-0.4, -0.2) is 57.2 Å². The summed E-state index contributed by atoms with van der Waals surface area (Å²) in [6.45, 7) is 1.93. The smallest absolute Gasteiger partial charge is 0.254 e. The molecule has 0 bridgehead atoms. The Labute approximate surface area is 171 Å². The molecule has 29 heavy (non-hydrogen) atoms. The number of carbonyl (C=O) groups is 2. The van der Waals surface area contributed by atoms with Gasteiger partial charge in [-0.1, -0.05) is 48.5 Å². The van der Waals surface area contributed by atoms with E-state index in [0.29, 0.717) is 31.9 Å². The monoisotopic (exact) mass is 396 g/mol. The van der Waals surface area contributed by atoms with E-state index >= 15 is 0 Å². The third-order valence-corrected chi connectivity index (χ3v) is 5.22. The third-order valence-electron chi connectivity index (χ3n) is 5.22. The van der Waals surface area contributed by atoms with Crippen molar-refractivity contribution in [2.45, 2.75) is 18.4 Å². The topological polar surface area (TPSA) is 67.9 Å². The molecular weight excluding hydrogens is 368 g/mol. The molecule has 154 valence electrons. The van der Waals surface area contributed by atoms with E-state index in [-0.39, 0.29) is 11.8 Å². The standard InChI is InChI=1S/C23H28N2O4/c1-28-15-8-13-24-22(26)20-18-11-6-7-12-19(18)23(27)25(14-16-29-2)21(20)17-9-4-3-5-10-17/h3-7,9-12,20-21H,8,13-16H2,1-2H3,(H,24,26)/t20-,21+/m1/s1. The van der Waals surface area contributed by atoms with E-state index in [2.05, 4.69) is 5.32 Å². The van der Waals surface area contributed by atoms with Crippen molar-refractivity contribution in [3.63, 3.8) is 0 Å². The first-order chi connectivity index (χ1) is 14.2. The van der Waals surface area contributed by atoms with Gasteiger partial charge in [0.25, 0.3) is 5.91 Å². The Kier molecular flexibility index (Phi) is 7.38. The van der Waals surface area contributed by atoms with Gasteiger partial charge in [0.15, 0.2) is 0 Å². The van der Waals surface area contributed by atoms with Crippen LogP contribution in [0.15, 0.2) is 54.6 Å². The normalized spacial score (nSPS) is 18.4. The molecule has 1 N–H and O–H groups in total. The molecule has 2 aromatic rings. The second-order valence-corrected chi connectivity index (χ2v) is 7.05. The third kappa shape index (κ3) is 4.66. The van der Waals surface area contributed by atoms with Gasteiger partial charge in [-0.25, -0.2) is 0 Å². The van der Waals surface area contributed by atoms with Gasteiger partial charge < -0.3 is 19.7 Å². The molecule has 0 spiro atoms. The van der Waals surface area contributed by atoms with Crippen LogP contribution in [0.4, 0.5) is 0 Å². The Bertz CT molecular complexity index is 825. The molecule has 1 aliphatic heterocycles. The molecule has 0 fully saturated rings. The van der Waals surface area contributed by atoms with Crippen LogP contribution in [0, 0.1) is 0 Å². The maximum Gasteiger partial charge on any atom is 0.254 e. The molecule has 1 aliphatic rings. The lowest BCUT2D eigenvalue weighted by molar-refractivity contribution is -0.124. The van der Waals surface area contributed by atoms with Crippen molar-refractivity contribution < 1.29 is 19.1 Å². The summed E-state index contributed by atoms with van der Waals surface area (Å²) in [5.41, 5.74) is 2.28. The molecule has 0 aliphatic carbocycles. The average molecular weight is 396 g/mol. The Morgan fingerprint density at radius 3 is 2.41 bits per heavy atom. The Morgan fingerprint density at radius 2 is 1.69 bits per heavy atom. The maximum absolute atomic E-state index is 13.3. The molecule has 2 amide bonds. The average Bonchev–Trinajstić information content (AvgIpc) is 2.76. The molecule has 0 radical (unpaired) electrons. The van der Waals surface area contributed by atoms with E-state index < -0.39 is 12.0 Å². The van der Waals surface area contributed by atoms with Crippen molar-refractivity contribution in [2.75, 3.05) is 40.5 Å². The van der Waals surface area contributed by atoms with Gasteiger partial charge in [-0.15, -0.1) is 0 Å². The fourth-order valence-electron chi connectivity index (χ4n) is 3.87. The number of methoxy groups -OCH3 is 2. The molecule has 0 saturated heterocycles. The van der Waals surface area contributed by atoms with Gasteiger partial charge in [-0.3, -0.25) is 9.59 Å². The molecular formula is C23H28N2O4. The second kappa shape index (κ2) is 10.2. The van der Waals surface area contributed by atoms with Crippen molar-refractivity contribution in [1.29, 1.82) is 0 Å². The van der Waals surface area contributed by atoms with Crippen LogP contribution < -0.4 is 5.32 Å². The molecule has 6 heteroatoms. The summed E-state index contributed by atoms with van der Waals surface area (Å²) in [6, 6.07) is 16.7. The summed E-state index contributed by atoms with van der Waals surface area (Å²) in [7, 11) is 3.25. The first kappa shape index (κ1) is 21.0. The van der Waals surface area contributed by atoms with Crippen LogP contribution in [0.2, 0.25) is 0 Å². The number of benzene rings is 2. The minimum Gasteiger partial charge on any atom is -0.385 e. The summed E-state index contributed by atoms with van der Waals surface area (Å²) in [4.78, 5) is 28.4. The van der Waals surface area contributed by atoms with Crippen LogP contribution in [0.25, 0.3) is 0 Å². The van der Waals surface area contributed by atoms with Crippen molar-refractivity contribution in [3.05, 3.63) is 71.3 Å². The summed E-state index contributed by atoms with van der Waals surface area (Å²) in [5.74, 6) is -0.655. The lowest BCUT2D eigenvalue weighted by atomic mass is 9.79. The molecule has 0 unspecified atom stereocenters. The molecule has 0 aromatic heterocycles. The van der Waals surface area contributed by atoms with Gasteiger partial charge in [0, 0.05) is 39.5 Å². The van der Waals surface area contributed by atoms with Gasteiger partial charge >= 0.3 is 0 Å². The van der Waals surface area contributed by atoms with Crippen LogP contribution in [0.3, 0.4) is 0 Å². The number of nitrogens with one attached hydrogen (secondary N) is 1. The van der Waals surface area contributed by atoms with Crippen LogP contribution in [0.1, 0.15) is 39.9 Å². The highest BCUT2D eigenvalue weighted by Gasteiger charge is 2.43. The predicted molar refractivity (Wildman–Crippen MR) is 111 cm³/mol. The number of rotatable bonds is 9. The predicted octanol–water partition coefficient (Wildman–Crippen LogP) is 2.77. The van der Waals surface area contributed by atoms with E-state index in [1.54, 1.807) is 25.2 Å². The minimum atomic E-state index is -0.495. The zero-order valence-electron chi connectivity index (χ0n) is 17.0. The Morgan fingerprint density at radius 1 is 1.00 bits per heavy atom. The van der Waals surface area contributed by atoms with Crippen molar-refractivity contribution in [3.8, 4) is 0 Å². The summed E-state index contributed by atoms with van der Waals surface area (Å²) >= 11 is 0. The van der Waals surface area contributed by atoms with Crippen LogP contribution >= 0.6 is 0 Å². The molecule has 2 aromatic carbocycles. The summed E-state index contributed by atoms with van der Waals surface area (Å²) in [6.07, 6.45) is 0.735. The van der Waals surface area contributed by atoms with E-state index in [4.69, 9.17) is 9.47 Å². The van der Waals surface area contributed by atoms with Crippen molar-refractivity contribution in [1.82, 2.24) is 10.2 Å². The number of carbonyl (C=O) groups excluding carboxylic acids is 2. The van der Waals surface area contributed by atoms with Gasteiger partial charge in [-0.2, -0.15) is 0 Å². The zero-order valence-corrected chi connectivity index (χ0v) is 17.0. The number of amides is 2. The molecule has 1 heterocycles. The fraction of sp³-hybridized carbons (Fsp3) is 0.391. The van der Waals surface area contributed by atoms with Gasteiger partial charge in [-0.05, 0) is 23.6 Å².